The molecule has 0 bridgehead atoms. The number of amides is 1. The van der Waals surface area contributed by atoms with E-state index in [9.17, 15) is 4.79 Å². The molecule has 6 nitrogen and oxygen atoms in total. The van der Waals surface area contributed by atoms with E-state index in [2.05, 4.69) is 14.3 Å². The smallest absolute Gasteiger partial charge is 0.227 e. The van der Waals surface area contributed by atoms with Gasteiger partial charge in [0.2, 0.25) is 11.0 Å². The number of aromatic nitrogens is 2. The van der Waals surface area contributed by atoms with Gasteiger partial charge in [-0.15, -0.1) is 24.8 Å². The van der Waals surface area contributed by atoms with Gasteiger partial charge in [-0.1, -0.05) is 6.92 Å². The fourth-order valence-electron chi connectivity index (χ4n) is 2.05. The molecule has 1 aliphatic heterocycles. The zero-order valence-corrected chi connectivity index (χ0v) is 14.9. The molecule has 0 spiro atoms. The second-order valence-electron chi connectivity index (χ2n) is 5.08. The van der Waals surface area contributed by atoms with E-state index in [1.807, 2.05) is 25.7 Å². The Balaban J connectivity index is 0.00000200. The summed E-state index contributed by atoms with van der Waals surface area (Å²) < 4.78 is 4.19. The highest BCUT2D eigenvalue weighted by Crippen LogP contribution is 2.19. The average molecular weight is 356 g/mol. The average Bonchev–Trinajstić information content (AvgIpc) is 2.84. The van der Waals surface area contributed by atoms with Crippen molar-refractivity contribution in [3.63, 3.8) is 0 Å². The summed E-state index contributed by atoms with van der Waals surface area (Å²) in [6, 6.07) is -0.101. The SMILES string of the molecule is Cc1nsc(N2CCN(C(=O)C(C)C(C)N)CC2)n1.Cl.Cl. The van der Waals surface area contributed by atoms with Crippen LogP contribution in [0.25, 0.3) is 0 Å². The third-order valence-corrected chi connectivity index (χ3v) is 4.43. The van der Waals surface area contributed by atoms with E-state index in [-0.39, 0.29) is 42.7 Å². The lowest BCUT2D eigenvalue weighted by molar-refractivity contribution is -0.135. The van der Waals surface area contributed by atoms with Gasteiger partial charge in [-0.2, -0.15) is 4.37 Å². The van der Waals surface area contributed by atoms with Crippen molar-refractivity contribution >= 4 is 47.4 Å². The number of anilines is 1. The van der Waals surface area contributed by atoms with Crippen molar-refractivity contribution in [1.82, 2.24) is 14.3 Å². The quantitative estimate of drug-likeness (QED) is 0.884. The van der Waals surface area contributed by atoms with Gasteiger partial charge in [0.1, 0.15) is 5.82 Å². The topological polar surface area (TPSA) is 75.4 Å². The van der Waals surface area contributed by atoms with Crippen molar-refractivity contribution < 1.29 is 4.79 Å². The van der Waals surface area contributed by atoms with E-state index in [0.717, 1.165) is 37.1 Å². The minimum absolute atomic E-state index is 0. The normalized spacial score (nSPS) is 17.5. The third kappa shape index (κ3) is 4.95. The summed E-state index contributed by atoms with van der Waals surface area (Å²) in [5, 5.41) is 0.949. The van der Waals surface area contributed by atoms with Gasteiger partial charge in [0.15, 0.2) is 0 Å². The van der Waals surface area contributed by atoms with Crippen LogP contribution in [0.2, 0.25) is 0 Å². The van der Waals surface area contributed by atoms with E-state index in [4.69, 9.17) is 5.73 Å². The van der Waals surface area contributed by atoms with Gasteiger partial charge < -0.3 is 15.5 Å². The molecule has 1 aliphatic rings. The predicted molar refractivity (Wildman–Crippen MR) is 90.7 cm³/mol. The summed E-state index contributed by atoms with van der Waals surface area (Å²) in [6.45, 7) is 8.75. The number of aryl methyl sites for hydroxylation is 1. The van der Waals surface area contributed by atoms with Gasteiger partial charge in [-0.3, -0.25) is 4.79 Å². The highest BCUT2D eigenvalue weighted by molar-refractivity contribution is 7.09. The molecule has 1 aromatic heterocycles. The second-order valence-corrected chi connectivity index (χ2v) is 5.81. The van der Waals surface area contributed by atoms with Crippen molar-refractivity contribution in [1.29, 1.82) is 0 Å². The Morgan fingerprint density at radius 1 is 1.24 bits per heavy atom. The summed E-state index contributed by atoms with van der Waals surface area (Å²) in [5.74, 6) is 0.850. The van der Waals surface area contributed by atoms with Crippen LogP contribution in [-0.4, -0.2) is 52.4 Å². The first-order valence-corrected chi connectivity index (χ1v) is 7.36. The van der Waals surface area contributed by atoms with Crippen molar-refractivity contribution in [2.24, 2.45) is 11.7 Å². The molecule has 0 saturated carbocycles. The highest BCUT2D eigenvalue weighted by Gasteiger charge is 2.27. The number of rotatable bonds is 3. The number of carbonyl (C=O) groups is 1. The first kappa shape index (κ1) is 20.4. The zero-order chi connectivity index (χ0) is 14.0. The number of hydrogen-bond donors (Lipinski definition) is 1. The standard InChI is InChI=1S/C12H21N5OS.2ClH/c1-8(9(2)13)11(18)16-4-6-17(7-5-16)12-14-10(3)15-19-12;;/h8-9H,4-7,13H2,1-3H3;2*1H. The Hall–Kier alpha value is -0.630. The predicted octanol–water partition coefficient (Wildman–Crippen LogP) is 1.32. The van der Waals surface area contributed by atoms with Crippen molar-refractivity contribution in [2.75, 3.05) is 31.1 Å². The monoisotopic (exact) mass is 355 g/mol. The number of piperazine rings is 1. The Bertz CT molecular complexity index is 449. The van der Waals surface area contributed by atoms with Crippen molar-refractivity contribution in [3.05, 3.63) is 5.82 Å². The van der Waals surface area contributed by atoms with Crippen LogP contribution in [0.1, 0.15) is 19.7 Å². The summed E-state index contributed by atoms with van der Waals surface area (Å²) in [4.78, 5) is 20.7. The molecule has 0 aliphatic carbocycles. The maximum atomic E-state index is 12.2. The van der Waals surface area contributed by atoms with Crippen molar-refractivity contribution in [2.45, 2.75) is 26.8 Å². The molecule has 9 heteroatoms. The molecule has 122 valence electrons. The molecule has 1 aromatic rings. The maximum Gasteiger partial charge on any atom is 0.227 e. The Labute approximate surface area is 142 Å². The summed E-state index contributed by atoms with van der Waals surface area (Å²) in [7, 11) is 0. The molecule has 0 aromatic carbocycles. The van der Waals surface area contributed by atoms with Gasteiger partial charge in [-0.05, 0) is 13.8 Å². The minimum atomic E-state index is -0.115. The lowest BCUT2D eigenvalue weighted by Crippen LogP contribution is -2.52. The first-order valence-electron chi connectivity index (χ1n) is 6.58. The fourth-order valence-corrected chi connectivity index (χ4v) is 2.77. The molecule has 2 atom stereocenters. The van der Waals surface area contributed by atoms with Crippen LogP contribution in [0.3, 0.4) is 0 Å². The molecule has 2 heterocycles. The molecule has 21 heavy (non-hydrogen) atoms. The Morgan fingerprint density at radius 3 is 2.24 bits per heavy atom. The molecule has 2 N–H and O–H groups in total. The van der Waals surface area contributed by atoms with Crippen LogP contribution >= 0.6 is 36.3 Å². The minimum Gasteiger partial charge on any atom is -0.343 e. The molecular formula is C12H23Cl2N5OS. The van der Waals surface area contributed by atoms with Crippen LogP contribution in [0.4, 0.5) is 5.13 Å². The van der Waals surface area contributed by atoms with Gasteiger partial charge >= 0.3 is 0 Å². The molecule has 0 radical (unpaired) electrons. The van der Waals surface area contributed by atoms with Gasteiger partial charge in [-0.25, -0.2) is 4.98 Å². The van der Waals surface area contributed by atoms with Gasteiger partial charge in [0.25, 0.3) is 0 Å². The van der Waals surface area contributed by atoms with Crippen LogP contribution in [0.15, 0.2) is 0 Å². The number of hydrogen-bond acceptors (Lipinski definition) is 6. The highest BCUT2D eigenvalue weighted by atomic mass is 35.5. The van der Waals surface area contributed by atoms with E-state index in [1.165, 1.54) is 11.5 Å². The Kier molecular flexibility index (Phi) is 8.46. The first-order chi connectivity index (χ1) is 8.99. The lowest BCUT2D eigenvalue weighted by atomic mass is 10.0. The molecule has 1 saturated heterocycles. The van der Waals surface area contributed by atoms with Crippen LogP contribution < -0.4 is 10.6 Å². The van der Waals surface area contributed by atoms with Gasteiger partial charge in [0, 0.05) is 43.8 Å². The van der Waals surface area contributed by atoms with Crippen molar-refractivity contribution in [3.8, 4) is 0 Å². The van der Waals surface area contributed by atoms with E-state index in [1.54, 1.807) is 0 Å². The number of nitrogens with two attached hydrogens (primary N) is 1. The molecule has 1 amide bonds. The lowest BCUT2D eigenvalue weighted by Gasteiger charge is -2.36. The van der Waals surface area contributed by atoms with Gasteiger partial charge in [0.05, 0.1) is 5.92 Å². The molecule has 2 rings (SSSR count). The molecule has 2 unspecified atom stereocenters. The van der Waals surface area contributed by atoms with Crippen LogP contribution in [0, 0.1) is 12.8 Å². The summed E-state index contributed by atoms with van der Waals surface area (Å²) >= 11 is 1.42. The van der Waals surface area contributed by atoms with E-state index in [0.29, 0.717) is 0 Å². The van der Waals surface area contributed by atoms with E-state index >= 15 is 0 Å². The second kappa shape index (κ2) is 8.73. The van der Waals surface area contributed by atoms with Crippen LogP contribution in [0.5, 0.6) is 0 Å². The zero-order valence-electron chi connectivity index (χ0n) is 12.5. The molecular weight excluding hydrogens is 333 g/mol. The third-order valence-electron chi connectivity index (χ3n) is 3.56. The summed E-state index contributed by atoms with van der Waals surface area (Å²) in [6.07, 6.45) is 0. The van der Waals surface area contributed by atoms with E-state index < -0.39 is 0 Å². The number of carbonyl (C=O) groups excluding carboxylic acids is 1. The molecule has 1 fully saturated rings. The number of nitrogens with zero attached hydrogens (tertiary/aromatic N) is 4. The Morgan fingerprint density at radius 2 is 1.81 bits per heavy atom. The largest absolute Gasteiger partial charge is 0.343 e. The number of halogens is 2. The fraction of sp³-hybridized carbons (Fsp3) is 0.750. The summed E-state index contributed by atoms with van der Waals surface area (Å²) in [5.41, 5.74) is 5.79. The van der Waals surface area contributed by atoms with Crippen LogP contribution in [-0.2, 0) is 4.79 Å². The maximum absolute atomic E-state index is 12.2.